The van der Waals surface area contributed by atoms with E-state index in [1.165, 1.54) is 6.33 Å². The highest BCUT2D eigenvalue weighted by molar-refractivity contribution is 6.35. The highest BCUT2D eigenvalue weighted by Crippen LogP contribution is 2.26. The van der Waals surface area contributed by atoms with E-state index in [1.54, 1.807) is 21.5 Å². The second-order valence-corrected chi connectivity index (χ2v) is 5.68. The molecule has 8 heteroatoms. The van der Waals surface area contributed by atoms with E-state index in [4.69, 9.17) is 23.2 Å². The Morgan fingerprint density at radius 3 is 2.73 bits per heavy atom. The van der Waals surface area contributed by atoms with Crippen LogP contribution in [0.25, 0.3) is 5.69 Å². The van der Waals surface area contributed by atoms with Crippen molar-refractivity contribution in [2.45, 2.75) is 13.5 Å². The first-order chi connectivity index (χ1) is 10.5. The summed E-state index contributed by atoms with van der Waals surface area (Å²) in [6, 6.07) is 7.28. The van der Waals surface area contributed by atoms with Gasteiger partial charge < -0.3 is 5.32 Å². The maximum Gasteiger partial charge on any atom is 0.149 e. The van der Waals surface area contributed by atoms with Crippen LogP contribution in [0.15, 0.2) is 30.6 Å². The van der Waals surface area contributed by atoms with Gasteiger partial charge in [-0.15, -0.1) is 0 Å². The fourth-order valence-electron chi connectivity index (χ4n) is 2.11. The van der Waals surface area contributed by atoms with Crippen molar-refractivity contribution in [2.24, 2.45) is 7.05 Å². The molecule has 1 N–H and O–H groups in total. The van der Waals surface area contributed by atoms with Gasteiger partial charge in [0.15, 0.2) is 0 Å². The molecule has 0 aliphatic carbocycles. The van der Waals surface area contributed by atoms with Crippen molar-refractivity contribution in [3.8, 4) is 5.69 Å². The quantitative estimate of drug-likeness (QED) is 0.794. The van der Waals surface area contributed by atoms with E-state index in [0.29, 0.717) is 16.6 Å². The van der Waals surface area contributed by atoms with Crippen molar-refractivity contribution in [1.29, 1.82) is 0 Å². The fraction of sp³-hybridized carbons (Fsp3) is 0.214. The lowest BCUT2D eigenvalue weighted by molar-refractivity contribution is 0.710. The van der Waals surface area contributed by atoms with Crippen molar-refractivity contribution in [3.05, 3.63) is 52.2 Å². The zero-order valence-corrected chi connectivity index (χ0v) is 13.6. The first-order valence-corrected chi connectivity index (χ1v) is 7.39. The number of aryl methyl sites for hydroxylation is 2. The number of halogens is 2. The molecule has 0 saturated heterocycles. The minimum Gasteiger partial charge on any atom is -0.361 e. The van der Waals surface area contributed by atoms with Gasteiger partial charge in [-0.1, -0.05) is 23.2 Å². The third-order valence-electron chi connectivity index (χ3n) is 3.26. The summed E-state index contributed by atoms with van der Waals surface area (Å²) in [5.74, 6) is 1.57. The Balaban J connectivity index is 1.83. The SMILES string of the molecule is Cc1cc(NCc2ncnn2C)nn1-c1ccc(Cl)cc1Cl. The molecule has 114 valence electrons. The zero-order valence-electron chi connectivity index (χ0n) is 12.1. The van der Waals surface area contributed by atoms with Crippen molar-refractivity contribution in [1.82, 2.24) is 24.5 Å². The monoisotopic (exact) mass is 336 g/mol. The first kappa shape index (κ1) is 14.9. The molecule has 0 unspecified atom stereocenters. The van der Waals surface area contributed by atoms with Crippen LogP contribution in [-0.4, -0.2) is 24.5 Å². The summed E-state index contributed by atoms with van der Waals surface area (Å²) in [5, 5.41) is 12.9. The molecule has 0 spiro atoms. The molecule has 3 rings (SSSR count). The first-order valence-electron chi connectivity index (χ1n) is 6.63. The van der Waals surface area contributed by atoms with E-state index in [0.717, 1.165) is 23.0 Å². The van der Waals surface area contributed by atoms with Crippen LogP contribution in [-0.2, 0) is 13.6 Å². The van der Waals surface area contributed by atoms with Gasteiger partial charge in [0.1, 0.15) is 18.0 Å². The van der Waals surface area contributed by atoms with E-state index < -0.39 is 0 Å². The van der Waals surface area contributed by atoms with Gasteiger partial charge in [-0.05, 0) is 25.1 Å². The van der Waals surface area contributed by atoms with Crippen molar-refractivity contribution >= 4 is 29.0 Å². The number of hydrogen-bond acceptors (Lipinski definition) is 4. The summed E-state index contributed by atoms with van der Waals surface area (Å²) in [7, 11) is 1.85. The van der Waals surface area contributed by atoms with Crippen LogP contribution in [0.5, 0.6) is 0 Å². The Hall–Kier alpha value is -2.05. The predicted molar refractivity (Wildman–Crippen MR) is 86.7 cm³/mol. The summed E-state index contributed by atoms with van der Waals surface area (Å²) in [5.41, 5.74) is 1.75. The Kier molecular flexibility index (Phi) is 4.04. The average Bonchev–Trinajstić information content (AvgIpc) is 3.03. The minimum absolute atomic E-state index is 0.543. The molecule has 0 fully saturated rings. The molecule has 22 heavy (non-hydrogen) atoms. The average molecular weight is 337 g/mol. The number of hydrogen-bond donors (Lipinski definition) is 1. The molecule has 0 aliphatic heterocycles. The molecule has 0 bridgehead atoms. The molecule has 0 atom stereocenters. The van der Waals surface area contributed by atoms with Crippen LogP contribution in [0.1, 0.15) is 11.5 Å². The van der Waals surface area contributed by atoms with E-state index in [-0.39, 0.29) is 0 Å². The summed E-state index contributed by atoms with van der Waals surface area (Å²) >= 11 is 12.2. The van der Waals surface area contributed by atoms with Crippen LogP contribution >= 0.6 is 23.2 Å². The Labute approximate surface area is 137 Å². The number of nitrogens with one attached hydrogen (secondary N) is 1. The molecule has 0 saturated carbocycles. The summed E-state index contributed by atoms with van der Waals surface area (Å²) in [6.07, 6.45) is 1.52. The van der Waals surface area contributed by atoms with Gasteiger partial charge in [0.2, 0.25) is 0 Å². The normalized spacial score (nSPS) is 10.9. The lowest BCUT2D eigenvalue weighted by Crippen LogP contribution is -2.07. The van der Waals surface area contributed by atoms with Gasteiger partial charge in [-0.3, -0.25) is 4.68 Å². The lowest BCUT2D eigenvalue weighted by atomic mass is 10.3. The largest absolute Gasteiger partial charge is 0.361 e. The second-order valence-electron chi connectivity index (χ2n) is 4.83. The molecule has 6 nitrogen and oxygen atoms in total. The molecular formula is C14H14Cl2N6. The third-order valence-corrected chi connectivity index (χ3v) is 3.80. The van der Waals surface area contributed by atoms with Gasteiger partial charge in [0.25, 0.3) is 0 Å². The van der Waals surface area contributed by atoms with Crippen LogP contribution in [0.4, 0.5) is 5.82 Å². The van der Waals surface area contributed by atoms with Crippen LogP contribution in [0.3, 0.4) is 0 Å². The minimum atomic E-state index is 0.543. The van der Waals surface area contributed by atoms with Crippen LogP contribution < -0.4 is 5.32 Å². The van der Waals surface area contributed by atoms with Gasteiger partial charge in [0.05, 0.1) is 17.3 Å². The Morgan fingerprint density at radius 1 is 1.23 bits per heavy atom. The highest BCUT2D eigenvalue weighted by atomic mass is 35.5. The number of anilines is 1. The standard InChI is InChI=1S/C14H14Cl2N6/c1-9-5-13(17-7-14-18-8-19-21(14)2)20-22(9)12-4-3-10(15)6-11(12)16/h3-6,8H,7H2,1-2H3,(H,17,20). The van der Waals surface area contributed by atoms with Gasteiger partial charge in [-0.25, -0.2) is 9.67 Å². The van der Waals surface area contributed by atoms with E-state index in [9.17, 15) is 0 Å². The number of nitrogens with zero attached hydrogens (tertiary/aromatic N) is 5. The smallest absolute Gasteiger partial charge is 0.149 e. The molecule has 0 aliphatic rings. The van der Waals surface area contributed by atoms with Crippen LogP contribution in [0.2, 0.25) is 10.0 Å². The number of rotatable bonds is 4. The lowest BCUT2D eigenvalue weighted by Gasteiger charge is -2.07. The van der Waals surface area contributed by atoms with Gasteiger partial charge in [-0.2, -0.15) is 10.2 Å². The van der Waals surface area contributed by atoms with Crippen molar-refractivity contribution in [3.63, 3.8) is 0 Å². The second kappa shape index (κ2) is 5.98. The van der Waals surface area contributed by atoms with E-state index >= 15 is 0 Å². The number of benzene rings is 1. The van der Waals surface area contributed by atoms with Crippen molar-refractivity contribution < 1.29 is 0 Å². The Bertz CT molecular complexity index is 808. The van der Waals surface area contributed by atoms with E-state index in [2.05, 4.69) is 20.5 Å². The summed E-state index contributed by atoms with van der Waals surface area (Å²) in [4.78, 5) is 4.16. The third kappa shape index (κ3) is 2.93. The number of aromatic nitrogens is 5. The Morgan fingerprint density at radius 2 is 2.05 bits per heavy atom. The fourth-order valence-corrected chi connectivity index (χ4v) is 2.60. The topological polar surface area (TPSA) is 60.6 Å². The molecule has 2 heterocycles. The molecule has 0 radical (unpaired) electrons. The molecular weight excluding hydrogens is 323 g/mol. The molecule has 3 aromatic rings. The van der Waals surface area contributed by atoms with Gasteiger partial charge in [0, 0.05) is 23.8 Å². The van der Waals surface area contributed by atoms with Crippen LogP contribution in [0, 0.1) is 6.92 Å². The predicted octanol–water partition coefficient (Wildman–Crippen LogP) is 3.23. The zero-order chi connectivity index (χ0) is 15.7. The van der Waals surface area contributed by atoms with Crippen molar-refractivity contribution in [2.75, 3.05) is 5.32 Å². The molecule has 1 aromatic carbocycles. The summed E-state index contributed by atoms with van der Waals surface area (Å²) in [6.45, 7) is 2.51. The summed E-state index contributed by atoms with van der Waals surface area (Å²) < 4.78 is 3.49. The maximum atomic E-state index is 6.24. The maximum absolute atomic E-state index is 6.24. The molecule has 0 amide bonds. The highest BCUT2D eigenvalue weighted by Gasteiger charge is 2.10. The molecule has 2 aromatic heterocycles. The van der Waals surface area contributed by atoms with E-state index in [1.807, 2.05) is 26.1 Å². The van der Waals surface area contributed by atoms with Gasteiger partial charge >= 0.3 is 0 Å².